The van der Waals surface area contributed by atoms with Gasteiger partial charge in [-0.25, -0.2) is 4.39 Å². The molecule has 2 aromatic carbocycles. The molecule has 6 heteroatoms. The minimum atomic E-state index is -1.15. The molecule has 1 saturated heterocycles. The monoisotopic (exact) mass is 434 g/mol. The van der Waals surface area contributed by atoms with E-state index in [-0.39, 0.29) is 36.4 Å². The third-order valence-electron chi connectivity index (χ3n) is 6.15. The standard InChI is InChI=1S/C25H29F3O3/c1-3-5-15-7-10-19(29-13-15)14-30-20-12-18-11-17-9-8-16(6-4-2)21(26)24(17)31-25(18)23(28)22(20)27/h8-9,12,15,19H,3-7,10-11,13-14H2,1-2H3. The largest absolute Gasteiger partial charge is 0.488 e. The summed E-state index contributed by atoms with van der Waals surface area (Å²) < 4.78 is 61.2. The van der Waals surface area contributed by atoms with Crippen LogP contribution in [0.4, 0.5) is 13.2 Å². The zero-order valence-corrected chi connectivity index (χ0v) is 18.1. The molecule has 2 aromatic rings. The maximum absolute atomic E-state index is 14.8. The minimum absolute atomic E-state index is 0.0114. The van der Waals surface area contributed by atoms with E-state index in [0.717, 1.165) is 32.1 Å². The quantitative estimate of drug-likeness (QED) is 0.413. The number of rotatable bonds is 7. The molecule has 1 fully saturated rings. The number of halogens is 3. The van der Waals surface area contributed by atoms with Gasteiger partial charge in [-0.3, -0.25) is 0 Å². The highest BCUT2D eigenvalue weighted by atomic mass is 19.2. The van der Waals surface area contributed by atoms with Crippen LogP contribution in [0, 0.1) is 23.4 Å². The van der Waals surface area contributed by atoms with Crippen molar-refractivity contribution >= 4 is 0 Å². The maximum Gasteiger partial charge on any atom is 0.205 e. The number of hydrogen-bond acceptors (Lipinski definition) is 3. The second-order valence-electron chi connectivity index (χ2n) is 8.55. The Morgan fingerprint density at radius 3 is 2.48 bits per heavy atom. The lowest BCUT2D eigenvalue weighted by Gasteiger charge is -2.29. The lowest BCUT2D eigenvalue weighted by molar-refractivity contribution is -0.0397. The van der Waals surface area contributed by atoms with Gasteiger partial charge in [0.05, 0.1) is 6.10 Å². The van der Waals surface area contributed by atoms with Gasteiger partial charge in [0.15, 0.2) is 23.1 Å². The second kappa shape index (κ2) is 9.51. The Bertz CT molecular complexity index is 936. The van der Waals surface area contributed by atoms with Crippen LogP contribution in [0.3, 0.4) is 0 Å². The summed E-state index contributed by atoms with van der Waals surface area (Å²) in [6.45, 7) is 4.95. The Labute approximate surface area is 181 Å². The number of hydrogen-bond donors (Lipinski definition) is 0. The molecule has 0 spiro atoms. The van der Waals surface area contributed by atoms with Gasteiger partial charge in [0.25, 0.3) is 0 Å². The normalized spacial score (nSPS) is 20.0. The Kier molecular flexibility index (Phi) is 6.75. The molecule has 2 heterocycles. The molecule has 3 nitrogen and oxygen atoms in total. The van der Waals surface area contributed by atoms with Crippen molar-refractivity contribution in [2.75, 3.05) is 13.2 Å². The van der Waals surface area contributed by atoms with E-state index in [0.29, 0.717) is 35.6 Å². The SMILES string of the molecule is CCCc1ccc2c(c1F)Oc1c(cc(OCC3CCC(CCC)CO3)c(F)c1F)C2. The van der Waals surface area contributed by atoms with Crippen molar-refractivity contribution in [2.45, 2.75) is 64.9 Å². The third kappa shape index (κ3) is 4.54. The summed E-state index contributed by atoms with van der Waals surface area (Å²) >= 11 is 0. The molecule has 31 heavy (non-hydrogen) atoms. The Hall–Kier alpha value is -2.21. The molecule has 0 bridgehead atoms. The van der Waals surface area contributed by atoms with Gasteiger partial charge >= 0.3 is 0 Å². The fourth-order valence-electron chi connectivity index (χ4n) is 4.45. The van der Waals surface area contributed by atoms with Crippen molar-refractivity contribution in [3.8, 4) is 17.2 Å². The van der Waals surface area contributed by atoms with Crippen molar-refractivity contribution in [3.05, 3.63) is 52.3 Å². The van der Waals surface area contributed by atoms with E-state index in [9.17, 15) is 13.2 Å². The highest BCUT2D eigenvalue weighted by Gasteiger charge is 2.29. The van der Waals surface area contributed by atoms with Crippen LogP contribution in [0.2, 0.25) is 0 Å². The number of benzene rings is 2. The summed E-state index contributed by atoms with van der Waals surface area (Å²) in [5.74, 6) is -2.64. The summed E-state index contributed by atoms with van der Waals surface area (Å²) in [6, 6.07) is 4.98. The lowest BCUT2D eigenvalue weighted by Crippen LogP contribution is -2.30. The Morgan fingerprint density at radius 2 is 1.77 bits per heavy atom. The molecule has 4 rings (SSSR count). The molecule has 2 unspecified atom stereocenters. The van der Waals surface area contributed by atoms with Crippen molar-refractivity contribution in [1.29, 1.82) is 0 Å². The zero-order valence-electron chi connectivity index (χ0n) is 18.1. The molecule has 0 aliphatic carbocycles. The van der Waals surface area contributed by atoms with Crippen LogP contribution < -0.4 is 9.47 Å². The van der Waals surface area contributed by atoms with E-state index in [1.165, 1.54) is 6.07 Å². The van der Waals surface area contributed by atoms with Crippen LogP contribution in [0.5, 0.6) is 17.2 Å². The van der Waals surface area contributed by atoms with Crippen molar-refractivity contribution in [3.63, 3.8) is 0 Å². The summed E-state index contributed by atoms with van der Waals surface area (Å²) in [5, 5.41) is 0. The predicted octanol–water partition coefficient (Wildman–Crippen LogP) is 6.73. The Balaban J connectivity index is 1.49. The minimum Gasteiger partial charge on any atom is -0.488 e. The smallest absolute Gasteiger partial charge is 0.205 e. The van der Waals surface area contributed by atoms with Gasteiger partial charge in [0.1, 0.15) is 6.61 Å². The summed E-state index contributed by atoms with van der Waals surface area (Å²) in [7, 11) is 0. The molecule has 2 aliphatic rings. The van der Waals surface area contributed by atoms with Crippen LogP contribution in [0.25, 0.3) is 0 Å². The molecular formula is C25H29F3O3. The summed E-state index contributed by atoms with van der Waals surface area (Å²) in [5.41, 5.74) is 1.56. The molecule has 0 saturated carbocycles. The zero-order chi connectivity index (χ0) is 22.0. The third-order valence-corrected chi connectivity index (χ3v) is 6.15. The highest BCUT2D eigenvalue weighted by molar-refractivity contribution is 5.54. The maximum atomic E-state index is 14.8. The van der Waals surface area contributed by atoms with Crippen molar-refractivity contribution in [2.24, 2.45) is 5.92 Å². The van der Waals surface area contributed by atoms with E-state index in [1.807, 2.05) is 6.92 Å². The number of ether oxygens (including phenoxy) is 3. The molecule has 168 valence electrons. The number of aryl methyl sites for hydroxylation is 1. The fraction of sp³-hybridized carbons (Fsp3) is 0.520. The van der Waals surface area contributed by atoms with E-state index < -0.39 is 17.5 Å². The van der Waals surface area contributed by atoms with Crippen LogP contribution in [-0.4, -0.2) is 19.3 Å². The Morgan fingerprint density at radius 1 is 0.968 bits per heavy atom. The lowest BCUT2D eigenvalue weighted by atomic mass is 9.94. The van der Waals surface area contributed by atoms with Crippen molar-refractivity contribution in [1.82, 2.24) is 0 Å². The van der Waals surface area contributed by atoms with Gasteiger partial charge < -0.3 is 14.2 Å². The van der Waals surface area contributed by atoms with Gasteiger partial charge in [-0.2, -0.15) is 8.78 Å². The number of fused-ring (bicyclic) bond motifs is 2. The first-order chi connectivity index (χ1) is 15.0. The first-order valence-electron chi connectivity index (χ1n) is 11.2. The first-order valence-corrected chi connectivity index (χ1v) is 11.2. The molecule has 0 N–H and O–H groups in total. The average Bonchev–Trinajstić information content (AvgIpc) is 2.78. The van der Waals surface area contributed by atoms with Crippen LogP contribution >= 0.6 is 0 Å². The molecule has 0 radical (unpaired) electrons. The highest BCUT2D eigenvalue weighted by Crippen LogP contribution is 2.43. The molecule has 2 atom stereocenters. The molecular weight excluding hydrogens is 405 g/mol. The predicted molar refractivity (Wildman–Crippen MR) is 113 cm³/mol. The molecule has 0 amide bonds. The molecule has 2 aliphatic heterocycles. The first kappa shape index (κ1) is 22.0. The van der Waals surface area contributed by atoms with Gasteiger partial charge in [-0.05, 0) is 43.2 Å². The van der Waals surface area contributed by atoms with Crippen LogP contribution in [-0.2, 0) is 17.6 Å². The van der Waals surface area contributed by atoms with Gasteiger partial charge in [0.2, 0.25) is 11.6 Å². The topological polar surface area (TPSA) is 27.7 Å². The van der Waals surface area contributed by atoms with E-state index >= 15 is 0 Å². The average molecular weight is 434 g/mol. The van der Waals surface area contributed by atoms with E-state index in [1.54, 1.807) is 12.1 Å². The second-order valence-corrected chi connectivity index (χ2v) is 8.55. The fourth-order valence-corrected chi connectivity index (χ4v) is 4.45. The van der Waals surface area contributed by atoms with Crippen molar-refractivity contribution < 1.29 is 27.4 Å². The summed E-state index contributed by atoms with van der Waals surface area (Å²) in [6.07, 6.45) is 5.62. The van der Waals surface area contributed by atoms with Crippen LogP contribution in [0.15, 0.2) is 18.2 Å². The summed E-state index contributed by atoms with van der Waals surface area (Å²) in [4.78, 5) is 0. The van der Waals surface area contributed by atoms with E-state index in [4.69, 9.17) is 14.2 Å². The molecule has 0 aromatic heterocycles. The van der Waals surface area contributed by atoms with Gasteiger partial charge in [-0.1, -0.05) is 38.8 Å². The van der Waals surface area contributed by atoms with Crippen LogP contribution in [0.1, 0.15) is 62.6 Å². The van der Waals surface area contributed by atoms with E-state index in [2.05, 4.69) is 6.92 Å². The van der Waals surface area contributed by atoms with Gasteiger partial charge in [-0.15, -0.1) is 0 Å². The van der Waals surface area contributed by atoms with Gasteiger partial charge in [0, 0.05) is 24.2 Å².